The van der Waals surface area contributed by atoms with Gasteiger partial charge in [-0.1, -0.05) is 177 Å². The molecule has 0 aromatic carbocycles. The van der Waals surface area contributed by atoms with Crippen molar-refractivity contribution in [3.8, 4) is 0 Å². The number of ether oxygens (including phenoxy) is 3. The van der Waals surface area contributed by atoms with E-state index in [1.807, 2.05) is 33.3 Å². The predicted octanol–water partition coefficient (Wildman–Crippen LogP) is 13.7. The first-order valence-electron chi connectivity index (χ1n) is 25.8. The molecule has 1 fully saturated rings. The molecule has 1 heterocycles. The Morgan fingerprint density at radius 1 is 0.569 bits per heavy atom. The summed E-state index contributed by atoms with van der Waals surface area (Å²) in [7, 11) is 1.11. The maximum atomic E-state index is 12.7. The summed E-state index contributed by atoms with van der Waals surface area (Å²) >= 11 is 0. The minimum atomic E-state index is -4.66. The molecule has 1 aliphatic rings. The molecule has 0 aromatic heterocycles. The molecule has 3 unspecified atom stereocenters. The van der Waals surface area contributed by atoms with Crippen LogP contribution in [0.15, 0.2) is 72.9 Å². The smallest absolute Gasteiger partial charge is 0.306 e. The fourth-order valence-electron chi connectivity index (χ4n) is 7.01. The van der Waals surface area contributed by atoms with E-state index in [-0.39, 0.29) is 26.1 Å². The van der Waals surface area contributed by atoms with Gasteiger partial charge in [-0.25, -0.2) is 0 Å². The molecule has 0 saturated carbocycles. The van der Waals surface area contributed by atoms with Crippen molar-refractivity contribution in [1.29, 1.82) is 0 Å². The fraction of sp³-hybridized carbons (Fsp3) is 0.741. The second-order valence-corrected chi connectivity index (χ2v) is 19.9. The van der Waals surface area contributed by atoms with Crippen LogP contribution < -0.4 is 4.89 Å². The van der Waals surface area contributed by atoms with E-state index in [9.17, 15) is 19.0 Å². The number of likely N-dealkylation sites (N-methyl/N-ethyl adjacent to an activating group) is 1. The van der Waals surface area contributed by atoms with Crippen LogP contribution in [0.5, 0.6) is 0 Å². The third-order valence-electron chi connectivity index (χ3n) is 11.1. The Morgan fingerprint density at radius 3 is 1.58 bits per heavy atom. The van der Waals surface area contributed by atoms with Crippen molar-refractivity contribution in [3.05, 3.63) is 72.9 Å². The zero-order valence-electron chi connectivity index (χ0n) is 41.9. The van der Waals surface area contributed by atoms with Crippen LogP contribution in [0.2, 0.25) is 0 Å². The Balaban J connectivity index is 2.25. The number of epoxide rings is 1. The van der Waals surface area contributed by atoms with E-state index in [1.54, 1.807) is 0 Å². The summed E-state index contributed by atoms with van der Waals surface area (Å²) in [6.45, 7) is 4.02. The minimum absolute atomic E-state index is 0.0493. The second-order valence-electron chi connectivity index (χ2n) is 18.5. The normalized spacial score (nSPS) is 17.1. The number of allylic oxidation sites excluding steroid dienone is 10. The van der Waals surface area contributed by atoms with Crippen molar-refractivity contribution in [2.75, 3.05) is 47.5 Å². The van der Waals surface area contributed by atoms with Gasteiger partial charge in [-0.15, -0.1) is 0 Å². The van der Waals surface area contributed by atoms with Crippen LogP contribution in [-0.4, -0.2) is 82.2 Å². The van der Waals surface area contributed by atoms with Gasteiger partial charge in [0.1, 0.15) is 19.8 Å². The van der Waals surface area contributed by atoms with Crippen LogP contribution in [0.1, 0.15) is 194 Å². The maximum absolute atomic E-state index is 12.7. The Hall–Kier alpha value is -2.59. The van der Waals surface area contributed by atoms with E-state index >= 15 is 0 Å². The summed E-state index contributed by atoms with van der Waals surface area (Å²) < 4.78 is 39.6. The Morgan fingerprint density at radius 2 is 1.05 bits per heavy atom. The van der Waals surface area contributed by atoms with Gasteiger partial charge in [-0.3, -0.25) is 14.2 Å². The lowest BCUT2D eigenvalue weighted by Crippen LogP contribution is -2.37. The third-order valence-corrected chi connectivity index (χ3v) is 12.1. The zero-order valence-corrected chi connectivity index (χ0v) is 42.8. The monoisotopic (exact) mass is 932 g/mol. The molecule has 1 aliphatic heterocycles. The molecule has 0 bridgehead atoms. The molecule has 65 heavy (non-hydrogen) atoms. The largest absolute Gasteiger partial charge is 0.756 e. The molecule has 0 N–H and O–H groups in total. The summed E-state index contributed by atoms with van der Waals surface area (Å²) in [6, 6.07) is 0. The van der Waals surface area contributed by atoms with Crippen LogP contribution in [0.4, 0.5) is 0 Å². The molecular weight excluding hydrogens is 838 g/mol. The molecule has 1 rings (SSSR count). The number of carbonyl (C=O) groups excluding carboxylic acids is 2. The fourth-order valence-corrected chi connectivity index (χ4v) is 7.74. The topological polar surface area (TPSA) is 124 Å². The first-order chi connectivity index (χ1) is 31.5. The van der Waals surface area contributed by atoms with Gasteiger partial charge >= 0.3 is 11.9 Å². The lowest BCUT2D eigenvalue weighted by molar-refractivity contribution is -0.870. The van der Waals surface area contributed by atoms with Crippen molar-refractivity contribution in [2.45, 2.75) is 212 Å². The number of hydrogen-bond donors (Lipinski definition) is 0. The van der Waals surface area contributed by atoms with Gasteiger partial charge in [-0.05, 0) is 77.0 Å². The first kappa shape index (κ1) is 60.4. The van der Waals surface area contributed by atoms with E-state index in [1.165, 1.54) is 96.3 Å². The van der Waals surface area contributed by atoms with Crippen LogP contribution in [0, 0.1) is 0 Å². The molecule has 0 aliphatic carbocycles. The van der Waals surface area contributed by atoms with Crippen molar-refractivity contribution < 1.29 is 46.8 Å². The van der Waals surface area contributed by atoms with Crippen molar-refractivity contribution >= 4 is 19.8 Å². The molecule has 10 nitrogen and oxygen atoms in total. The third kappa shape index (κ3) is 42.5. The van der Waals surface area contributed by atoms with Crippen molar-refractivity contribution in [3.63, 3.8) is 0 Å². The summed E-state index contributed by atoms with van der Waals surface area (Å²) in [5.74, 6) is -0.938. The lowest BCUT2D eigenvalue weighted by atomic mass is 10.0. The zero-order chi connectivity index (χ0) is 47.5. The minimum Gasteiger partial charge on any atom is -0.756 e. The number of hydrogen-bond acceptors (Lipinski definition) is 9. The molecule has 0 aromatic rings. The summed E-state index contributed by atoms with van der Waals surface area (Å²) in [6.07, 6.45) is 55.6. The number of quaternary nitrogens is 1. The highest BCUT2D eigenvalue weighted by molar-refractivity contribution is 7.45. The van der Waals surface area contributed by atoms with Gasteiger partial charge in [0.05, 0.1) is 40.0 Å². The van der Waals surface area contributed by atoms with Gasteiger partial charge in [0.15, 0.2) is 6.10 Å². The Bertz CT molecular complexity index is 1400. The van der Waals surface area contributed by atoms with E-state index in [0.717, 1.165) is 57.8 Å². The van der Waals surface area contributed by atoms with Crippen LogP contribution in [0.3, 0.4) is 0 Å². The molecule has 0 amide bonds. The average molecular weight is 932 g/mol. The molecule has 374 valence electrons. The van der Waals surface area contributed by atoms with Gasteiger partial charge in [-0.2, -0.15) is 0 Å². The summed E-state index contributed by atoms with van der Waals surface area (Å²) in [5, 5.41) is 0. The highest BCUT2D eigenvalue weighted by Gasteiger charge is 2.36. The number of rotatable bonds is 45. The summed E-state index contributed by atoms with van der Waals surface area (Å²) in [5.41, 5.74) is 0. The first-order valence-corrected chi connectivity index (χ1v) is 27.2. The van der Waals surface area contributed by atoms with E-state index < -0.39 is 32.5 Å². The SMILES string of the molecule is CC/C=C\CC1OC1C/C=C\C/C=C\C/C=C\C/C=C\CCC(=O)O[C@H](COC(=O)CCCCCCCCCCCCC/C=C\CCCCCCCC)COP(=O)([O-])OCC[N+](C)(C)C. The van der Waals surface area contributed by atoms with Gasteiger partial charge < -0.3 is 32.6 Å². The second kappa shape index (κ2) is 41.6. The van der Waals surface area contributed by atoms with E-state index in [0.29, 0.717) is 36.1 Å². The predicted molar refractivity (Wildman–Crippen MR) is 267 cm³/mol. The Labute approximate surface area is 397 Å². The highest BCUT2D eigenvalue weighted by Crippen LogP contribution is 2.38. The van der Waals surface area contributed by atoms with Gasteiger partial charge in [0.25, 0.3) is 7.82 Å². The standard InChI is InChI=1S/C54H94NO9P/c1-6-8-10-11-12-13-14-15-16-17-18-19-20-21-22-23-27-30-33-36-40-44-53(56)60-48-50(49-62-65(58,59)61-47-46-55(3,4)5)63-54(57)45-41-37-34-31-28-25-24-26-29-32-35-39-43-52-51(64-52)42-38-9-7-2/h9,15-16,25-26,28-29,34-35,37-39,50-52H,6-8,10-14,17-24,27,30-33,36,40-49H2,1-5H3/b16-15-,28-25-,29-26-,37-34-,38-9-,39-35-/t50-,51?,52?/m1/s1. The molecule has 4 atom stereocenters. The quantitative estimate of drug-likeness (QED) is 0.0147. The molecule has 1 saturated heterocycles. The lowest BCUT2D eigenvalue weighted by Gasteiger charge is -2.28. The van der Waals surface area contributed by atoms with Crippen molar-refractivity contribution in [1.82, 2.24) is 0 Å². The van der Waals surface area contributed by atoms with Gasteiger partial charge in [0, 0.05) is 12.8 Å². The van der Waals surface area contributed by atoms with Crippen LogP contribution >= 0.6 is 7.82 Å². The van der Waals surface area contributed by atoms with Gasteiger partial charge in [0.2, 0.25) is 0 Å². The number of phosphoric ester groups is 1. The maximum Gasteiger partial charge on any atom is 0.306 e. The van der Waals surface area contributed by atoms with Crippen LogP contribution in [0.25, 0.3) is 0 Å². The Kier molecular flexibility index (Phi) is 38.7. The molecule has 0 spiro atoms. The number of phosphoric acid groups is 1. The number of nitrogens with zero attached hydrogens (tertiary/aromatic N) is 1. The van der Waals surface area contributed by atoms with E-state index in [4.69, 9.17) is 23.3 Å². The number of unbranched alkanes of at least 4 members (excludes halogenated alkanes) is 17. The molecular formula is C54H94NO9P. The molecule has 11 heteroatoms. The van der Waals surface area contributed by atoms with Crippen molar-refractivity contribution in [2.24, 2.45) is 0 Å². The number of esters is 2. The average Bonchev–Trinajstić information content (AvgIpc) is 4.02. The molecule has 0 radical (unpaired) electrons. The van der Waals surface area contributed by atoms with E-state index in [2.05, 4.69) is 74.6 Å². The highest BCUT2D eigenvalue weighted by atomic mass is 31.2. The number of carbonyl (C=O) groups is 2. The van der Waals surface area contributed by atoms with Crippen LogP contribution in [-0.2, 0) is 37.4 Å². The summed E-state index contributed by atoms with van der Waals surface area (Å²) in [4.78, 5) is 37.7.